The maximum Gasteiger partial charge on any atom is 0.319 e. The van der Waals surface area contributed by atoms with Gasteiger partial charge in [0, 0.05) is 34.2 Å². The van der Waals surface area contributed by atoms with Gasteiger partial charge in [-0.2, -0.15) is 0 Å². The topological polar surface area (TPSA) is 35.6 Å². The molecule has 0 unspecified atom stereocenters. The van der Waals surface area contributed by atoms with Gasteiger partial charge < -0.3 is 15.1 Å². The van der Waals surface area contributed by atoms with Gasteiger partial charge in [-0.15, -0.1) is 0 Å². The Hall–Kier alpha value is -0.770. The molecule has 4 heteroatoms. The van der Waals surface area contributed by atoms with Crippen molar-refractivity contribution in [2.24, 2.45) is 0 Å². The minimum atomic E-state index is 0.0801. The van der Waals surface area contributed by atoms with Gasteiger partial charge in [0.1, 0.15) is 0 Å². The van der Waals surface area contributed by atoms with Crippen molar-refractivity contribution in [3.8, 4) is 0 Å². The van der Waals surface area contributed by atoms with Gasteiger partial charge in [-0.3, -0.25) is 0 Å². The molecule has 1 rings (SSSR count). The van der Waals surface area contributed by atoms with Crippen molar-refractivity contribution in [2.45, 2.75) is 6.04 Å². The minimum Gasteiger partial charge on any atom is -0.331 e. The summed E-state index contributed by atoms with van der Waals surface area (Å²) in [6.45, 7) is 1.85. The van der Waals surface area contributed by atoms with Gasteiger partial charge in [0.05, 0.1) is 6.04 Å². The zero-order chi connectivity index (χ0) is 8.43. The maximum atomic E-state index is 11.3. The van der Waals surface area contributed by atoms with E-state index in [0.29, 0.717) is 6.04 Å². The number of amides is 2. The summed E-state index contributed by atoms with van der Waals surface area (Å²) in [5.41, 5.74) is 0. The van der Waals surface area contributed by atoms with Crippen LogP contribution in [0.3, 0.4) is 0 Å². The van der Waals surface area contributed by atoms with Gasteiger partial charge >= 0.3 is 6.03 Å². The molecule has 0 aliphatic carbocycles. The molecule has 1 heterocycles. The van der Waals surface area contributed by atoms with Crippen LogP contribution in [0.1, 0.15) is 0 Å². The summed E-state index contributed by atoms with van der Waals surface area (Å²) in [6, 6.07) is 0.474. The van der Waals surface area contributed by atoms with Crippen LogP contribution in [0.2, 0.25) is 0 Å². The number of carbonyl (C=O) groups excluding carboxylic acids is 1. The van der Waals surface area contributed by atoms with Gasteiger partial charge in [-0.05, 0) is 0 Å². The lowest BCUT2D eigenvalue weighted by atomic mass is 10.1. The molecule has 1 aliphatic rings. The van der Waals surface area contributed by atoms with E-state index in [-0.39, 0.29) is 6.03 Å². The molecule has 0 radical (unpaired) electrons. The average Bonchev–Trinajstić information content (AvgIpc) is 1.82. The first-order valence-corrected chi connectivity index (χ1v) is 3.77. The Balaban J connectivity index is 2.39. The maximum absolute atomic E-state index is 11.3. The lowest BCUT2D eigenvalue weighted by Gasteiger charge is -2.36. The number of nitrogens with one attached hydrogen (secondary N) is 1. The van der Waals surface area contributed by atoms with Crippen molar-refractivity contribution < 1.29 is 4.79 Å². The van der Waals surface area contributed by atoms with Gasteiger partial charge in [0.2, 0.25) is 0 Å². The molecule has 0 spiro atoms. The molecule has 2 amide bonds. The fourth-order valence-corrected chi connectivity index (χ4v) is 1.02. The molecule has 1 saturated heterocycles. The van der Waals surface area contributed by atoms with E-state index >= 15 is 0 Å². The zero-order valence-corrected chi connectivity index (χ0v) is 7.29. The normalized spacial score (nSPS) is 17.4. The Labute approximate surface area is 67.2 Å². The first kappa shape index (κ1) is 8.33. The average molecular weight is 157 g/mol. The highest BCUT2D eigenvalue weighted by atomic mass is 16.2. The van der Waals surface area contributed by atoms with Crippen LogP contribution >= 0.6 is 0 Å². The van der Waals surface area contributed by atoms with Gasteiger partial charge in [0.15, 0.2) is 0 Å². The second-order valence-electron chi connectivity index (χ2n) is 3.10. The predicted molar refractivity (Wildman–Crippen MR) is 43.5 cm³/mol. The summed E-state index contributed by atoms with van der Waals surface area (Å²) in [6.07, 6.45) is 0. The third-order valence-corrected chi connectivity index (χ3v) is 1.99. The summed E-state index contributed by atoms with van der Waals surface area (Å²) in [5, 5.41) is 3.12. The third-order valence-electron chi connectivity index (χ3n) is 1.99. The highest BCUT2D eigenvalue weighted by Gasteiger charge is 2.25. The molecule has 0 bridgehead atoms. The molecule has 0 aromatic rings. The summed E-state index contributed by atoms with van der Waals surface area (Å²) in [4.78, 5) is 14.7. The SMILES string of the molecule is CN(C)C(=O)N(C)C1CNC1. The first-order chi connectivity index (χ1) is 5.13. The van der Waals surface area contributed by atoms with Crippen LogP contribution in [0, 0.1) is 0 Å². The van der Waals surface area contributed by atoms with Crippen molar-refractivity contribution in [2.75, 3.05) is 34.2 Å². The largest absolute Gasteiger partial charge is 0.331 e. The first-order valence-electron chi connectivity index (χ1n) is 3.77. The smallest absolute Gasteiger partial charge is 0.319 e. The monoisotopic (exact) mass is 157 g/mol. The fourth-order valence-electron chi connectivity index (χ4n) is 1.02. The standard InChI is InChI=1S/C7H15N3O/c1-9(2)7(11)10(3)6-4-8-5-6/h6,8H,4-5H2,1-3H3. The van der Waals surface area contributed by atoms with Crippen LogP contribution in [0.4, 0.5) is 4.79 Å². The Bertz CT molecular complexity index is 154. The quantitative estimate of drug-likeness (QED) is 0.560. The number of hydrogen-bond acceptors (Lipinski definition) is 2. The van der Waals surface area contributed by atoms with Crippen LogP contribution in [0.15, 0.2) is 0 Å². The van der Waals surface area contributed by atoms with E-state index in [0.717, 1.165) is 13.1 Å². The lowest BCUT2D eigenvalue weighted by molar-refractivity contribution is 0.145. The Kier molecular flexibility index (Phi) is 2.34. The van der Waals surface area contributed by atoms with Gasteiger partial charge in [0.25, 0.3) is 0 Å². The predicted octanol–water partition coefficient (Wildman–Crippen LogP) is -0.428. The molecule has 0 saturated carbocycles. The Morgan fingerprint density at radius 3 is 2.18 bits per heavy atom. The van der Waals surface area contributed by atoms with E-state index in [9.17, 15) is 4.79 Å². The summed E-state index contributed by atoms with van der Waals surface area (Å²) >= 11 is 0. The molecule has 0 atom stereocenters. The molecule has 1 fully saturated rings. The molecule has 4 nitrogen and oxygen atoms in total. The van der Waals surface area contributed by atoms with Gasteiger partial charge in [-0.25, -0.2) is 4.79 Å². The molecule has 1 aliphatic heterocycles. The van der Waals surface area contributed by atoms with Crippen molar-refractivity contribution in [3.05, 3.63) is 0 Å². The Morgan fingerprint density at radius 1 is 1.36 bits per heavy atom. The number of nitrogens with zero attached hydrogens (tertiary/aromatic N) is 2. The van der Waals surface area contributed by atoms with E-state index in [4.69, 9.17) is 0 Å². The molecule has 64 valence electrons. The molecular weight excluding hydrogens is 142 g/mol. The van der Waals surface area contributed by atoms with Crippen LogP contribution in [0.25, 0.3) is 0 Å². The number of urea groups is 1. The molecule has 1 N–H and O–H groups in total. The molecular formula is C7H15N3O. The van der Waals surface area contributed by atoms with E-state index in [2.05, 4.69) is 5.32 Å². The minimum absolute atomic E-state index is 0.0801. The zero-order valence-electron chi connectivity index (χ0n) is 7.29. The van der Waals surface area contributed by atoms with Crippen molar-refractivity contribution in [1.82, 2.24) is 15.1 Å². The second-order valence-corrected chi connectivity index (χ2v) is 3.10. The lowest BCUT2D eigenvalue weighted by Crippen LogP contribution is -2.59. The van der Waals surface area contributed by atoms with Crippen LogP contribution in [-0.2, 0) is 0 Å². The van der Waals surface area contributed by atoms with Crippen molar-refractivity contribution >= 4 is 6.03 Å². The number of carbonyl (C=O) groups is 1. The number of hydrogen-bond donors (Lipinski definition) is 1. The van der Waals surface area contributed by atoms with E-state index in [1.54, 1.807) is 23.9 Å². The van der Waals surface area contributed by atoms with Crippen LogP contribution < -0.4 is 5.32 Å². The summed E-state index contributed by atoms with van der Waals surface area (Å²) < 4.78 is 0. The Morgan fingerprint density at radius 2 is 1.91 bits per heavy atom. The van der Waals surface area contributed by atoms with Crippen LogP contribution in [-0.4, -0.2) is 56.1 Å². The molecule has 11 heavy (non-hydrogen) atoms. The fraction of sp³-hybridized carbons (Fsp3) is 0.857. The summed E-state index contributed by atoms with van der Waals surface area (Å²) in [5.74, 6) is 0. The number of likely N-dealkylation sites (N-methyl/N-ethyl adjacent to an activating group) is 1. The number of rotatable bonds is 1. The van der Waals surface area contributed by atoms with E-state index < -0.39 is 0 Å². The second kappa shape index (κ2) is 3.09. The van der Waals surface area contributed by atoms with E-state index in [1.807, 2.05) is 7.05 Å². The third kappa shape index (κ3) is 1.63. The van der Waals surface area contributed by atoms with Crippen molar-refractivity contribution in [3.63, 3.8) is 0 Å². The van der Waals surface area contributed by atoms with E-state index in [1.165, 1.54) is 0 Å². The highest BCUT2D eigenvalue weighted by Crippen LogP contribution is 2.03. The van der Waals surface area contributed by atoms with Gasteiger partial charge in [-0.1, -0.05) is 0 Å². The summed E-state index contributed by atoms with van der Waals surface area (Å²) in [7, 11) is 5.38. The molecule has 0 aromatic heterocycles. The highest BCUT2D eigenvalue weighted by molar-refractivity contribution is 5.74. The van der Waals surface area contributed by atoms with Crippen molar-refractivity contribution in [1.29, 1.82) is 0 Å². The molecule has 0 aromatic carbocycles. The van der Waals surface area contributed by atoms with Crippen LogP contribution in [0.5, 0.6) is 0 Å².